The minimum absolute atomic E-state index is 0.0531. The molecule has 0 saturated carbocycles. The highest BCUT2D eigenvalue weighted by atomic mass is 31.2. The normalized spacial score (nSPS) is 13.5. The molecule has 0 saturated heterocycles. The van der Waals surface area contributed by atoms with Gasteiger partial charge in [-0.2, -0.15) is 0 Å². The standard InChI is InChI=1S/C45H86NO8P/c1-3-5-7-9-11-13-15-17-19-20-21-22-23-24-26-28-30-32-34-36-38-45(48)54-43(42-53-55(49,50)52-40-39-46)41-51-44(47)37-35-33-31-29-27-25-18-16-14-12-10-8-6-4-2/h10,12,16,18,43H,3-9,11,13-15,17,19-42,46H2,1-2H3,(H,49,50)/b12-10+,18-16+/t43-/m1/s1. The predicted octanol–water partition coefficient (Wildman–Crippen LogP) is 13.2. The minimum Gasteiger partial charge on any atom is -0.462 e. The number of nitrogens with two attached hydrogens (primary N) is 1. The fraction of sp³-hybridized carbons (Fsp3) is 0.867. The second kappa shape index (κ2) is 42.1. The zero-order valence-corrected chi connectivity index (χ0v) is 36.6. The van der Waals surface area contributed by atoms with Crippen LogP contribution in [0.5, 0.6) is 0 Å². The molecule has 0 spiro atoms. The smallest absolute Gasteiger partial charge is 0.462 e. The number of carbonyl (C=O) groups excluding carboxylic acids is 2. The SMILES string of the molecule is CCCC/C=C/C/C=C/CCCCCCCC(=O)OC[C@H](COP(=O)(O)OCCN)OC(=O)CCCCCCCCCCCCCCCCCCCCCC. The highest BCUT2D eigenvalue weighted by Crippen LogP contribution is 2.43. The van der Waals surface area contributed by atoms with Gasteiger partial charge in [-0.15, -0.1) is 0 Å². The number of ether oxygens (including phenoxy) is 2. The van der Waals surface area contributed by atoms with Crippen molar-refractivity contribution in [1.82, 2.24) is 0 Å². The Kier molecular flexibility index (Phi) is 40.9. The van der Waals surface area contributed by atoms with E-state index in [0.717, 1.165) is 64.2 Å². The van der Waals surface area contributed by atoms with Gasteiger partial charge in [-0.3, -0.25) is 18.6 Å². The molecule has 0 aromatic carbocycles. The van der Waals surface area contributed by atoms with Crippen molar-refractivity contribution in [3.05, 3.63) is 24.3 Å². The van der Waals surface area contributed by atoms with E-state index in [4.69, 9.17) is 24.3 Å². The Hall–Kier alpha value is -1.51. The third kappa shape index (κ3) is 41.9. The summed E-state index contributed by atoms with van der Waals surface area (Å²) in [5.74, 6) is -0.836. The third-order valence-electron chi connectivity index (χ3n) is 9.84. The molecule has 0 heterocycles. The van der Waals surface area contributed by atoms with Crippen LogP contribution in [0.3, 0.4) is 0 Å². The van der Waals surface area contributed by atoms with Gasteiger partial charge in [-0.05, 0) is 38.5 Å². The van der Waals surface area contributed by atoms with Crippen LogP contribution in [0.2, 0.25) is 0 Å². The van der Waals surface area contributed by atoms with Crippen LogP contribution < -0.4 is 5.73 Å². The molecule has 0 amide bonds. The third-order valence-corrected chi connectivity index (χ3v) is 10.8. The van der Waals surface area contributed by atoms with Crippen molar-refractivity contribution in [2.45, 2.75) is 225 Å². The lowest BCUT2D eigenvalue weighted by atomic mass is 10.0. The molecule has 0 aromatic rings. The molecule has 2 atom stereocenters. The first kappa shape index (κ1) is 53.5. The van der Waals surface area contributed by atoms with Crippen LogP contribution in [0, 0.1) is 0 Å². The van der Waals surface area contributed by atoms with Crippen molar-refractivity contribution in [3.8, 4) is 0 Å². The van der Waals surface area contributed by atoms with E-state index in [2.05, 4.69) is 38.2 Å². The summed E-state index contributed by atoms with van der Waals surface area (Å²) in [7, 11) is -4.38. The van der Waals surface area contributed by atoms with E-state index < -0.39 is 32.5 Å². The van der Waals surface area contributed by atoms with E-state index in [1.807, 2.05) is 0 Å². The largest absolute Gasteiger partial charge is 0.472 e. The number of hydrogen-bond acceptors (Lipinski definition) is 8. The Labute approximate surface area is 338 Å². The minimum atomic E-state index is -4.38. The lowest BCUT2D eigenvalue weighted by Crippen LogP contribution is -2.29. The van der Waals surface area contributed by atoms with Crippen LogP contribution in [0.15, 0.2) is 24.3 Å². The number of allylic oxidation sites excluding steroid dienone is 4. The zero-order valence-electron chi connectivity index (χ0n) is 35.7. The fourth-order valence-corrected chi connectivity index (χ4v) is 7.18. The summed E-state index contributed by atoms with van der Waals surface area (Å²) >= 11 is 0. The average Bonchev–Trinajstić information content (AvgIpc) is 3.17. The second-order valence-electron chi connectivity index (χ2n) is 15.3. The van der Waals surface area contributed by atoms with Gasteiger partial charge in [-0.25, -0.2) is 4.57 Å². The van der Waals surface area contributed by atoms with Crippen molar-refractivity contribution in [1.29, 1.82) is 0 Å². The van der Waals surface area contributed by atoms with E-state index in [1.165, 1.54) is 122 Å². The Bertz CT molecular complexity index is 959. The fourth-order valence-electron chi connectivity index (χ4n) is 6.42. The summed E-state index contributed by atoms with van der Waals surface area (Å²) < 4.78 is 32.8. The van der Waals surface area contributed by atoms with E-state index >= 15 is 0 Å². The number of phosphoric ester groups is 1. The van der Waals surface area contributed by atoms with Gasteiger partial charge < -0.3 is 20.1 Å². The van der Waals surface area contributed by atoms with Crippen LogP contribution >= 0.6 is 7.82 Å². The second-order valence-corrected chi connectivity index (χ2v) is 16.7. The molecule has 324 valence electrons. The van der Waals surface area contributed by atoms with Crippen molar-refractivity contribution >= 4 is 19.8 Å². The molecule has 0 aliphatic heterocycles. The monoisotopic (exact) mass is 800 g/mol. The molecule has 0 aliphatic carbocycles. The van der Waals surface area contributed by atoms with Gasteiger partial charge >= 0.3 is 19.8 Å². The molecular formula is C45H86NO8P. The summed E-state index contributed by atoms with van der Waals surface area (Å²) in [6.45, 7) is 3.70. The summed E-state index contributed by atoms with van der Waals surface area (Å²) in [6, 6.07) is 0. The summed E-state index contributed by atoms with van der Waals surface area (Å²) in [4.78, 5) is 34.9. The van der Waals surface area contributed by atoms with E-state index in [1.54, 1.807) is 0 Å². The van der Waals surface area contributed by atoms with Gasteiger partial charge in [-0.1, -0.05) is 192 Å². The van der Waals surface area contributed by atoms with Crippen molar-refractivity contribution in [3.63, 3.8) is 0 Å². The van der Waals surface area contributed by atoms with Gasteiger partial charge in [0.05, 0.1) is 13.2 Å². The van der Waals surface area contributed by atoms with Gasteiger partial charge in [0.2, 0.25) is 0 Å². The number of esters is 2. The topological polar surface area (TPSA) is 134 Å². The molecule has 1 unspecified atom stereocenters. The van der Waals surface area contributed by atoms with E-state index in [9.17, 15) is 19.0 Å². The lowest BCUT2D eigenvalue weighted by molar-refractivity contribution is -0.161. The highest BCUT2D eigenvalue weighted by molar-refractivity contribution is 7.47. The Morgan fingerprint density at radius 2 is 0.964 bits per heavy atom. The summed E-state index contributed by atoms with van der Waals surface area (Å²) in [6.07, 6.45) is 44.9. The molecule has 0 radical (unpaired) electrons. The molecular weight excluding hydrogens is 713 g/mol. The van der Waals surface area contributed by atoms with Crippen LogP contribution in [0.25, 0.3) is 0 Å². The van der Waals surface area contributed by atoms with E-state index in [0.29, 0.717) is 6.42 Å². The number of hydrogen-bond donors (Lipinski definition) is 2. The number of rotatable bonds is 43. The van der Waals surface area contributed by atoms with E-state index in [-0.39, 0.29) is 32.6 Å². The molecule has 0 rings (SSSR count). The van der Waals surface area contributed by atoms with Crippen LogP contribution in [-0.4, -0.2) is 49.3 Å². The molecule has 10 heteroatoms. The number of carbonyl (C=O) groups is 2. The van der Waals surface area contributed by atoms with Crippen molar-refractivity contribution in [2.24, 2.45) is 5.73 Å². The Morgan fingerprint density at radius 1 is 0.545 bits per heavy atom. The molecule has 0 aliphatic rings. The molecule has 3 N–H and O–H groups in total. The lowest BCUT2D eigenvalue weighted by Gasteiger charge is -2.19. The Balaban J connectivity index is 4.08. The van der Waals surface area contributed by atoms with Crippen molar-refractivity contribution < 1.29 is 37.6 Å². The van der Waals surface area contributed by atoms with Crippen LogP contribution in [0.1, 0.15) is 219 Å². The van der Waals surface area contributed by atoms with Gasteiger partial charge in [0, 0.05) is 19.4 Å². The molecule has 9 nitrogen and oxygen atoms in total. The quantitative estimate of drug-likeness (QED) is 0.0267. The summed E-state index contributed by atoms with van der Waals surface area (Å²) in [5.41, 5.74) is 5.35. The first-order chi connectivity index (χ1) is 26.8. The maximum absolute atomic E-state index is 12.6. The number of phosphoric acid groups is 1. The zero-order chi connectivity index (χ0) is 40.3. The van der Waals surface area contributed by atoms with Gasteiger partial charge in [0.1, 0.15) is 6.61 Å². The first-order valence-corrected chi connectivity index (χ1v) is 24.3. The number of unbranched alkanes of at least 4 members (excludes halogenated alkanes) is 26. The van der Waals surface area contributed by atoms with Gasteiger partial charge in [0.25, 0.3) is 0 Å². The molecule has 55 heavy (non-hydrogen) atoms. The molecule has 0 bridgehead atoms. The summed E-state index contributed by atoms with van der Waals surface area (Å²) in [5, 5.41) is 0. The highest BCUT2D eigenvalue weighted by Gasteiger charge is 2.26. The maximum atomic E-state index is 12.6. The molecule has 0 fully saturated rings. The Morgan fingerprint density at radius 3 is 1.44 bits per heavy atom. The molecule has 0 aromatic heterocycles. The van der Waals surface area contributed by atoms with Crippen LogP contribution in [-0.2, 0) is 32.7 Å². The predicted molar refractivity (Wildman–Crippen MR) is 229 cm³/mol. The van der Waals surface area contributed by atoms with Gasteiger partial charge in [0.15, 0.2) is 6.10 Å². The van der Waals surface area contributed by atoms with Crippen LogP contribution in [0.4, 0.5) is 0 Å². The van der Waals surface area contributed by atoms with Crippen molar-refractivity contribution in [2.75, 3.05) is 26.4 Å². The first-order valence-electron chi connectivity index (χ1n) is 22.8. The average molecular weight is 800 g/mol. The maximum Gasteiger partial charge on any atom is 0.472 e.